The minimum absolute atomic E-state index is 0.0566. The van der Waals surface area contributed by atoms with Crippen LogP contribution in [0.5, 0.6) is 0 Å². The Kier molecular flexibility index (Phi) is 6.34. The lowest BCUT2D eigenvalue weighted by molar-refractivity contribution is -0.133. The highest BCUT2D eigenvalue weighted by molar-refractivity contribution is 5.76. The lowest BCUT2D eigenvalue weighted by Crippen LogP contribution is -2.37. The summed E-state index contributed by atoms with van der Waals surface area (Å²) in [5.41, 5.74) is 2.89. The molecule has 1 unspecified atom stereocenters. The van der Waals surface area contributed by atoms with Crippen LogP contribution in [-0.4, -0.2) is 45.0 Å². The number of nitrogens with zero attached hydrogens (tertiary/aromatic N) is 3. The highest BCUT2D eigenvalue weighted by Crippen LogP contribution is 2.17. The van der Waals surface area contributed by atoms with E-state index in [-0.39, 0.29) is 17.7 Å². The van der Waals surface area contributed by atoms with Gasteiger partial charge in [0.2, 0.25) is 5.91 Å². The first kappa shape index (κ1) is 19.2. The summed E-state index contributed by atoms with van der Waals surface area (Å²) in [5, 5.41) is 0. The predicted octanol–water partition coefficient (Wildman–Crippen LogP) is 1.92. The van der Waals surface area contributed by atoms with Gasteiger partial charge in [-0.1, -0.05) is 6.07 Å². The van der Waals surface area contributed by atoms with Crippen molar-refractivity contribution in [3.8, 4) is 0 Å². The van der Waals surface area contributed by atoms with Gasteiger partial charge in [-0.25, -0.2) is 4.79 Å². The minimum atomic E-state index is -0.352. The van der Waals surface area contributed by atoms with E-state index < -0.39 is 0 Å². The largest absolute Gasteiger partial charge is 0.376 e. The molecule has 3 rings (SSSR count). The standard InChI is InChI=1S/C20H26N4O3/c1-14-18(15(2)23-20(26)22-14)8-9-19(25)24(13-17-7-5-11-27-17)12-16-6-3-4-10-21-16/h3-4,6,10,17H,5,7-9,11-13H2,1-2H3,(H,22,23,26). The SMILES string of the molecule is Cc1nc(=O)[nH]c(C)c1CCC(=O)N(Cc1ccccn1)CC1CCCO1. The van der Waals surface area contributed by atoms with Crippen molar-refractivity contribution in [2.45, 2.75) is 52.2 Å². The van der Waals surface area contributed by atoms with Gasteiger partial charge < -0.3 is 14.6 Å². The van der Waals surface area contributed by atoms with Crippen molar-refractivity contribution in [3.05, 3.63) is 57.5 Å². The third kappa shape index (κ3) is 5.23. The van der Waals surface area contributed by atoms with Crippen LogP contribution in [0.25, 0.3) is 0 Å². The van der Waals surface area contributed by atoms with Gasteiger partial charge in [0.25, 0.3) is 0 Å². The fourth-order valence-corrected chi connectivity index (χ4v) is 3.49. The molecular weight excluding hydrogens is 344 g/mol. The van der Waals surface area contributed by atoms with Gasteiger partial charge in [0, 0.05) is 37.2 Å². The molecule has 0 saturated carbocycles. The third-order valence-corrected chi connectivity index (χ3v) is 4.92. The van der Waals surface area contributed by atoms with Crippen molar-refractivity contribution in [2.24, 2.45) is 0 Å². The molecule has 0 aliphatic carbocycles. The molecule has 2 aromatic rings. The molecule has 7 nitrogen and oxygen atoms in total. The van der Waals surface area contributed by atoms with E-state index in [2.05, 4.69) is 15.0 Å². The topological polar surface area (TPSA) is 88.2 Å². The molecule has 1 aliphatic heterocycles. The summed E-state index contributed by atoms with van der Waals surface area (Å²) in [4.78, 5) is 37.2. The summed E-state index contributed by atoms with van der Waals surface area (Å²) < 4.78 is 5.72. The van der Waals surface area contributed by atoms with Crippen molar-refractivity contribution < 1.29 is 9.53 Å². The Morgan fingerprint density at radius 2 is 2.22 bits per heavy atom. The number of H-pyrrole nitrogens is 1. The second-order valence-electron chi connectivity index (χ2n) is 6.96. The van der Waals surface area contributed by atoms with Crippen LogP contribution < -0.4 is 5.69 Å². The molecule has 2 aromatic heterocycles. The molecule has 0 radical (unpaired) electrons. The van der Waals surface area contributed by atoms with Crippen LogP contribution in [-0.2, 0) is 22.5 Å². The average Bonchev–Trinajstić information content (AvgIpc) is 3.14. The van der Waals surface area contributed by atoms with Crippen LogP contribution in [0, 0.1) is 13.8 Å². The van der Waals surface area contributed by atoms with Gasteiger partial charge in [-0.05, 0) is 50.8 Å². The maximum atomic E-state index is 12.9. The number of carbonyl (C=O) groups excluding carboxylic acids is 1. The molecule has 3 heterocycles. The van der Waals surface area contributed by atoms with Crippen LogP contribution >= 0.6 is 0 Å². The molecule has 27 heavy (non-hydrogen) atoms. The molecule has 1 atom stereocenters. The highest BCUT2D eigenvalue weighted by Gasteiger charge is 2.23. The van der Waals surface area contributed by atoms with Crippen molar-refractivity contribution in [1.29, 1.82) is 0 Å². The molecule has 0 bridgehead atoms. The van der Waals surface area contributed by atoms with E-state index in [1.54, 1.807) is 13.1 Å². The van der Waals surface area contributed by atoms with Gasteiger partial charge >= 0.3 is 5.69 Å². The van der Waals surface area contributed by atoms with Crippen LogP contribution in [0.1, 0.15) is 41.9 Å². The molecule has 0 spiro atoms. The lowest BCUT2D eigenvalue weighted by Gasteiger charge is -2.25. The maximum Gasteiger partial charge on any atom is 0.345 e. The van der Waals surface area contributed by atoms with E-state index >= 15 is 0 Å². The quantitative estimate of drug-likeness (QED) is 0.804. The van der Waals surface area contributed by atoms with E-state index in [9.17, 15) is 9.59 Å². The summed E-state index contributed by atoms with van der Waals surface area (Å²) in [6, 6.07) is 5.72. The number of amides is 1. The average molecular weight is 370 g/mol. The fourth-order valence-electron chi connectivity index (χ4n) is 3.49. The van der Waals surface area contributed by atoms with E-state index in [1.807, 2.05) is 30.0 Å². The number of ether oxygens (including phenoxy) is 1. The fraction of sp³-hybridized carbons (Fsp3) is 0.500. The summed E-state index contributed by atoms with van der Waals surface area (Å²) in [5.74, 6) is 0.0566. The molecule has 1 N–H and O–H groups in total. The normalized spacial score (nSPS) is 16.4. The van der Waals surface area contributed by atoms with Crippen molar-refractivity contribution >= 4 is 5.91 Å². The molecule has 1 saturated heterocycles. The van der Waals surface area contributed by atoms with E-state index in [0.717, 1.165) is 36.4 Å². The Labute approximate surface area is 158 Å². The van der Waals surface area contributed by atoms with Crippen LogP contribution in [0.3, 0.4) is 0 Å². The van der Waals surface area contributed by atoms with E-state index in [1.165, 1.54) is 0 Å². The third-order valence-electron chi connectivity index (χ3n) is 4.92. The molecule has 1 fully saturated rings. The second-order valence-corrected chi connectivity index (χ2v) is 6.96. The van der Waals surface area contributed by atoms with Crippen molar-refractivity contribution in [1.82, 2.24) is 19.9 Å². The van der Waals surface area contributed by atoms with E-state index in [4.69, 9.17) is 4.74 Å². The number of hydrogen-bond donors (Lipinski definition) is 1. The summed E-state index contributed by atoms with van der Waals surface area (Å²) in [6.07, 6.45) is 4.75. The molecule has 1 aliphatic rings. The van der Waals surface area contributed by atoms with Crippen molar-refractivity contribution in [3.63, 3.8) is 0 Å². The summed E-state index contributed by atoms with van der Waals surface area (Å²) >= 11 is 0. The number of nitrogens with one attached hydrogen (secondary N) is 1. The Balaban J connectivity index is 1.69. The molecule has 0 aromatic carbocycles. The molecule has 144 valence electrons. The number of aryl methyl sites for hydroxylation is 2. The first-order chi connectivity index (χ1) is 13.0. The van der Waals surface area contributed by atoms with Gasteiger partial charge in [-0.2, -0.15) is 4.98 Å². The Hall–Kier alpha value is -2.54. The van der Waals surface area contributed by atoms with Gasteiger partial charge in [0.1, 0.15) is 0 Å². The Bertz CT molecular complexity index is 803. The lowest BCUT2D eigenvalue weighted by atomic mass is 10.1. The van der Waals surface area contributed by atoms with Gasteiger partial charge in [0.15, 0.2) is 0 Å². The van der Waals surface area contributed by atoms with Crippen molar-refractivity contribution in [2.75, 3.05) is 13.2 Å². The molecule has 1 amide bonds. The number of carbonyl (C=O) groups is 1. The van der Waals surface area contributed by atoms with Gasteiger partial charge in [-0.3, -0.25) is 9.78 Å². The van der Waals surface area contributed by atoms with Crippen LogP contribution in [0.4, 0.5) is 0 Å². The smallest absolute Gasteiger partial charge is 0.345 e. The Morgan fingerprint density at radius 1 is 1.37 bits per heavy atom. The van der Waals surface area contributed by atoms with Gasteiger partial charge in [-0.15, -0.1) is 0 Å². The molecule has 7 heteroatoms. The second kappa shape index (κ2) is 8.90. The number of rotatable bonds is 7. The maximum absolute atomic E-state index is 12.9. The summed E-state index contributed by atoms with van der Waals surface area (Å²) in [7, 11) is 0. The summed E-state index contributed by atoms with van der Waals surface area (Å²) in [6.45, 7) is 5.46. The number of pyridine rings is 1. The van der Waals surface area contributed by atoms with E-state index in [0.29, 0.717) is 31.6 Å². The Morgan fingerprint density at radius 3 is 2.89 bits per heavy atom. The highest BCUT2D eigenvalue weighted by atomic mass is 16.5. The van der Waals surface area contributed by atoms with Gasteiger partial charge in [0.05, 0.1) is 18.3 Å². The zero-order valence-electron chi connectivity index (χ0n) is 15.9. The minimum Gasteiger partial charge on any atom is -0.376 e. The number of aromatic amines is 1. The number of aromatic nitrogens is 3. The first-order valence-electron chi connectivity index (χ1n) is 9.38. The number of hydrogen-bond acceptors (Lipinski definition) is 5. The van der Waals surface area contributed by atoms with Crippen LogP contribution in [0.2, 0.25) is 0 Å². The zero-order chi connectivity index (χ0) is 19.2. The predicted molar refractivity (Wildman–Crippen MR) is 101 cm³/mol. The monoisotopic (exact) mass is 370 g/mol. The van der Waals surface area contributed by atoms with Crippen LogP contribution in [0.15, 0.2) is 29.2 Å². The molecular formula is C20H26N4O3. The first-order valence-corrected chi connectivity index (χ1v) is 9.38. The zero-order valence-corrected chi connectivity index (χ0v) is 15.9.